The van der Waals surface area contributed by atoms with E-state index in [2.05, 4.69) is 154 Å². The van der Waals surface area contributed by atoms with Crippen molar-refractivity contribution in [2.24, 2.45) is 0 Å². The molecule has 0 aliphatic carbocycles. The third kappa shape index (κ3) is 5.37. The summed E-state index contributed by atoms with van der Waals surface area (Å²) < 4.78 is 2.72. The van der Waals surface area contributed by atoms with Crippen molar-refractivity contribution in [1.29, 1.82) is 0 Å². The molecule has 3 heteroatoms. The zero-order valence-corrected chi connectivity index (χ0v) is 32.2. The maximum absolute atomic E-state index is 2.54. The van der Waals surface area contributed by atoms with Gasteiger partial charge < -0.3 is 0 Å². The van der Waals surface area contributed by atoms with Crippen LogP contribution in [-0.4, -0.2) is 13.4 Å². The summed E-state index contributed by atoms with van der Waals surface area (Å²) in [4.78, 5) is 0. The van der Waals surface area contributed by atoms with E-state index in [0.29, 0.717) is 0 Å². The van der Waals surface area contributed by atoms with Crippen LogP contribution in [0.3, 0.4) is 0 Å². The highest BCUT2D eigenvalue weighted by atomic mass is 32.1. The Balaban J connectivity index is 1.37. The van der Waals surface area contributed by atoms with Crippen molar-refractivity contribution < 1.29 is 0 Å². The minimum Gasteiger partial charge on any atom is -0.135 e. The summed E-state index contributed by atoms with van der Waals surface area (Å²) in [6.45, 7) is 23.2. The van der Waals surface area contributed by atoms with E-state index >= 15 is 0 Å². The average molecular weight is 665 g/mol. The number of benzene rings is 6. The highest BCUT2D eigenvalue weighted by Crippen LogP contribution is 2.33. The number of rotatable bonds is 4. The van der Waals surface area contributed by atoms with Crippen LogP contribution in [0.1, 0.15) is 66.8 Å². The Morgan fingerprint density at radius 3 is 1.38 bits per heavy atom. The van der Waals surface area contributed by atoms with Crippen molar-refractivity contribution in [2.75, 3.05) is 0 Å². The highest BCUT2D eigenvalue weighted by Gasteiger charge is 2.34. The molecule has 0 amide bonds. The van der Waals surface area contributed by atoms with E-state index in [0.717, 1.165) is 6.42 Å². The Bertz CT molecular complexity index is 2370. The quantitative estimate of drug-likeness (QED) is 0.167. The Hall–Kier alpha value is -4.33. The van der Waals surface area contributed by atoms with Crippen LogP contribution in [0.2, 0.25) is 0 Å². The van der Waals surface area contributed by atoms with E-state index in [-0.39, 0.29) is 13.4 Å². The molecular weight excluding hydrogens is 618 g/mol. The molecule has 1 aliphatic rings. The molecule has 1 aromatic heterocycles. The van der Waals surface area contributed by atoms with Crippen LogP contribution >= 0.6 is 11.3 Å². The average Bonchev–Trinajstić information content (AvgIpc) is 3.39. The standard InChI is InChI=1S/C47H46B2S/c1-26-15-30(5)44(31(6)16-26)48(45-32(7)17-27(2)18-33(45)8)38-11-13-42-40(24-38)41-25-39(12-14-43(41)50-42)49-46-34(9)19-28(3)21-36(46)23-37-22-29(4)20-35(10)47(37)49/h11-22,24-25H,23H2,1-10H3. The minimum atomic E-state index is 0.160. The molecule has 7 aromatic rings. The maximum Gasteiger partial charge on any atom is 0.242 e. The Morgan fingerprint density at radius 1 is 0.460 bits per heavy atom. The first-order valence-electron chi connectivity index (χ1n) is 18.2. The molecule has 0 saturated carbocycles. The van der Waals surface area contributed by atoms with Crippen molar-refractivity contribution in [3.8, 4) is 0 Å². The molecule has 0 atom stereocenters. The molecular formula is C47H46B2S. The van der Waals surface area contributed by atoms with Crippen LogP contribution in [0.5, 0.6) is 0 Å². The van der Waals surface area contributed by atoms with Gasteiger partial charge in [0, 0.05) is 9.40 Å². The van der Waals surface area contributed by atoms with Crippen LogP contribution in [0.4, 0.5) is 0 Å². The SMILES string of the molecule is Cc1cc(C)c(B(c2ccc3sc4ccc(B5c6c(C)cc(C)cc6Cc6cc(C)cc(C)c65)cc4c3c2)c2c(C)cc(C)cc2C)c(C)c1. The molecule has 6 aromatic carbocycles. The summed E-state index contributed by atoms with van der Waals surface area (Å²) in [6.07, 6.45) is 1.01. The summed E-state index contributed by atoms with van der Waals surface area (Å²) in [5.74, 6) is 0. The van der Waals surface area contributed by atoms with Crippen molar-refractivity contribution in [1.82, 2.24) is 0 Å². The molecule has 0 spiro atoms. The van der Waals surface area contributed by atoms with E-state index in [1.165, 1.54) is 120 Å². The Labute approximate surface area is 303 Å². The second kappa shape index (κ2) is 12.2. The highest BCUT2D eigenvalue weighted by molar-refractivity contribution is 7.26. The monoisotopic (exact) mass is 664 g/mol. The van der Waals surface area contributed by atoms with E-state index < -0.39 is 0 Å². The van der Waals surface area contributed by atoms with E-state index in [1.54, 1.807) is 0 Å². The third-order valence-electron chi connectivity index (χ3n) is 11.4. The first kappa shape index (κ1) is 32.8. The van der Waals surface area contributed by atoms with Gasteiger partial charge in [-0.15, -0.1) is 11.3 Å². The van der Waals surface area contributed by atoms with Gasteiger partial charge in [0.15, 0.2) is 0 Å². The number of fused-ring (bicyclic) bond motifs is 5. The second-order valence-electron chi connectivity index (χ2n) is 15.6. The van der Waals surface area contributed by atoms with Gasteiger partial charge in [-0.25, -0.2) is 0 Å². The first-order chi connectivity index (χ1) is 23.9. The van der Waals surface area contributed by atoms with E-state index in [9.17, 15) is 0 Å². The van der Waals surface area contributed by atoms with Gasteiger partial charge in [-0.1, -0.05) is 161 Å². The molecule has 1 aliphatic heterocycles. The van der Waals surface area contributed by atoms with Gasteiger partial charge in [-0.2, -0.15) is 0 Å². The van der Waals surface area contributed by atoms with Crippen molar-refractivity contribution in [3.63, 3.8) is 0 Å². The smallest absolute Gasteiger partial charge is 0.135 e. The molecule has 246 valence electrons. The largest absolute Gasteiger partial charge is 0.242 e. The fourth-order valence-corrected chi connectivity index (χ4v) is 10.9. The topological polar surface area (TPSA) is 0 Å². The molecule has 0 bridgehead atoms. The molecule has 0 unspecified atom stereocenters. The summed E-state index contributed by atoms with van der Waals surface area (Å²) in [6, 6.07) is 33.8. The van der Waals surface area contributed by atoms with Crippen LogP contribution in [0.15, 0.2) is 84.9 Å². The number of thiophene rings is 1. The van der Waals surface area contributed by atoms with Gasteiger partial charge in [0.05, 0.1) is 0 Å². The zero-order valence-electron chi connectivity index (χ0n) is 31.4. The lowest BCUT2D eigenvalue weighted by atomic mass is 9.32. The summed E-state index contributed by atoms with van der Waals surface area (Å²) in [7, 11) is 0. The van der Waals surface area contributed by atoms with Crippen molar-refractivity contribution in [3.05, 3.63) is 152 Å². The molecule has 0 N–H and O–H groups in total. The second-order valence-corrected chi connectivity index (χ2v) is 16.7. The van der Waals surface area contributed by atoms with Gasteiger partial charge in [0.2, 0.25) is 13.4 Å². The summed E-state index contributed by atoms with van der Waals surface area (Å²) >= 11 is 1.93. The van der Waals surface area contributed by atoms with Gasteiger partial charge in [-0.3, -0.25) is 0 Å². The molecule has 0 nitrogen and oxygen atoms in total. The third-order valence-corrected chi connectivity index (χ3v) is 12.6. The van der Waals surface area contributed by atoms with Crippen molar-refractivity contribution >= 4 is 77.7 Å². The van der Waals surface area contributed by atoms with Gasteiger partial charge in [0.25, 0.3) is 0 Å². The molecule has 50 heavy (non-hydrogen) atoms. The Morgan fingerprint density at radius 2 is 0.880 bits per heavy atom. The lowest BCUT2D eigenvalue weighted by Gasteiger charge is -2.31. The number of hydrogen-bond acceptors (Lipinski definition) is 1. The molecule has 0 fully saturated rings. The Kier molecular flexibility index (Phi) is 7.99. The lowest BCUT2D eigenvalue weighted by Crippen LogP contribution is -2.58. The predicted octanol–water partition coefficient (Wildman–Crippen LogP) is 8.08. The summed E-state index contributed by atoms with van der Waals surface area (Å²) in [5.41, 5.74) is 25.3. The van der Waals surface area contributed by atoms with Crippen molar-refractivity contribution in [2.45, 2.75) is 75.7 Å². The fourth-order valence-electron chi connectivity index (χ4n) is 9.88. The number of hydrogen-bond donors (Lipinski definition) is 0. The number of aryl methyl sites for hydroxylation is 10. The van der Waals surface area contributed by atoms with Gasteiger partial charge in [0.1, 0.15) is 0 Å². The first-order valence-corrected chi connectivity index (χ1v) is 19.0. The normalized spacial score (nSPS) is 12.5. The van der Waals surface area contributed by atoms with Crippen LogP contribution in [0, 0.1) is 69.2 Å². The van der Waals surface area contributed by atoms with E-state index in [1.807, 2.05) is 11.3 Å². The van der Waals surface area contributed by atoms with Crippen LogP contribution in [0.25, 0.3) is 20.2 Å². The fraction of sp³-hybridized carbons (Fsp3) is 0.234. The van der Waals surface area contributed by atoms with Gasteiger partial charge in [-0.05, 0) is 110 Å². The van der Waals surface area contributed by atoms with Gasteiger partial charge >= 0.3 is 0 Å². The zero-order chi connectivity index (χ0) is 35.2. The lowest BCUT2D eigenvalue weighted by molar-refractivity contribution is 1.16. The molecule has 0 saturated heterocycles. The molecule has 8 rings (SSSR count). The van der Waals surface area contributed by atoms with Crippen LogP contribution < -0.4 is 32.8 Å². The molecule has 2 heterocycles. The summed E-state index contributed by atoms with van der Waals surface area (Å²) in [5, 5.41) is 2.75. The molecule has 0 radical (unpaired) electrons. The van der Waals surface area contributed by atoms with E-state index in [4.69, 9.17) is 0 Å². The minimum absolute atomic E-state index is 0.160. The maximum atomic E-state index is 2.54. The predicted molar refractivity (Wildman–Crippen MR) is 225 cm³/mol. The van der Waals surface area contributed by atoms with Crippen LogP contribution in [-0.2, 0) is 6.42 Å².